The van der Waals surface area contributed by atoms with Crippen molar-refractivity contribution in [2.24, 2.45) is 0 Å². The molecule has 7 nitrogen and oxygen atoms in total. The van der Waals surface area contributed by atoms with Crippen LogP contribution in [-0.4, -0.2) is 52.4 Å². The van der Waals surface area contributed by atoms with Crippen LogP contribution in [0.1, 0.15) is 13.8 Å². The first-order valence-corrected chi connectivity index (χ1v) is 8.40. The first-order valence-electron chi connectivity index (χ1n) is 6.96. The van der Waals surface area contributed by atoms with Crippen LogP contribution in [0.3, 0.4) is 0 Å². The smallest absolute Gasteiger partial charge is 0.278 e. The molecule has 1 N–H and O–H groups in total. The molecule has 0 saturated heterocycles. The maximum absolute atomic E-state index is 11.8. The Morgan fingerprint density at radius 3 is 2.27 bits per heavy atom. The Kier molecular flexibility index (Phi) is 6.79. The van der Waals surface area contributed by atoms with E-state index in [0.717, 1.165) is 10.1 Å². The molecule has 8 heteroatoms. The summed E-state index contributed by atoms with van der Waals surface area (Å²) in [6.45, 7) is 4.29. The van der Waals surface area contributed by atoms with Gasteiger partial charge in [-0.25, -0.2) is 4.72 Å². The molecule has 0 aliphatic rings. The second-order valence-electron chi connectivity index (χ2n) is 4.78. The van der Waals surface area contributed by atoms with Crippen LogP contribution in [0.25, 0.3) is 0 Å². The fourth-order valence-corrected chi connectivity index (χ4v) is 2.38. The lowest BCUT2D eigenvalue weighted by molar-refractivity contribution is -0.116. The molecule has 22 heavy (non-hydrogen) atoms. The van der Waals surface area contributed by atoms with E-state index in [1.807, 2.05) is 6.92 Å². The van der Waals surface area contributed by atoms with E-state index in [9.17, 15) is 13.2 Å². The summed E-state index contributed by atoms with van der Waals surface area (Å²) in [7, 11) is -0.606. The third-order valence-electron chi connectivity index (χ3n) is 2.94. The number of rotatable bonds is 8. The minimum absolute atomic E-state index is 0.132. The zero-order valence-corrected chi connectivity index (χ0v) is 14.2. The Hall–Kier alpha value is -1.64. The molecule has 0 atom stereocenters. The molecule has 0 aliphatic heterocycles. The lowest BCUT2D eigenvalue weighted by Gasteiger charge is -2.22. The Morgan fingerprint density at radius 2 is 1.82 bits per heavy atom. The van der Waals surface area contributed by atoms with Gasteiger partial charge in [-0.05, 0) is 31.2 Å². The van der Waals surface area contributed by atoms with Crippen molar-refractivity contribution in [3.05, 3.63) is 24.3 Å². The number of nitrogens with zero attached hydrogens (tertiary/aromatic N) is 2. The standard InChI is InChI=1S/C14H23N3O4S/c1-5-21-14-8-6-13(7-9-14)17(12(2)18)11-10-15-22(19,20)16(3)4/h6-9,15H,5,10-11H2,1-4H3. The molecule has 1 rings (SSSR count). The molecule has 0 unspecified atom stereocenters. The van der Waals surface area contributed by atoms with E-state index in [2.05, 4.69) is 4.72 Å². The fourth-order valence-electron chi connectivity index (χ4n) is 1.77. The molecule has 0 heterocycles. The summed E-state index contributed by atoms with van der Waals surface area (Å²) in [5.41, 5.74) is 0.694. The van der Waals surface area contributed by atoms with Gasteiger partial charge in [0.1, 0.15) is 5.75 Å². The number of amides is 1. The van der Waals surface area contributed by atoms with Crippen LogP contribution < -0.4 is 14.4 Å². The van der Waals surface area contributed by atoms with Gasteiger partial charge in [0, 0.05) is 39.8 Å². The van der Waals surface area contributed by atoms with Gasteiger partial charge in [0.2, 0.25) is 5.91 Å². The van der Waals surface area contributed by atoms with Crippen LogP contribution in [0.4, 0.5) is 5.69 Å². The van der Waals surface area contributed by atoms with Crippen LogP contribution in [-0.2, 0) is 15.0 Å². The minimum atomic E-state index is -3.49. The van der Waals surface area contributed by atoms with Gasteiger partial charge in [-0.3, -0.25) is 4.79 Å². The van der Waals surface area contributed by atoms with Gasteiger partial charge in [0.05, 0.1) is 6.61 Å². The lowest BCUT2D eigenvalue weighted by Crippen LogP contribution is -2.41. The lowest BCUT2D eigenvalue weighted by atomic mass is 10.2. The topological polar surface area (TPSA) is 79.0 Å². The Bertz CT molecular complexity index is 585. The maximum Gasteiger partial charge on any atom is 0.278 e. The van der Waals surface area contributed by atoms with Crippen LogP contribution in [0.5, 0.6) is 5.75 Å². The zero-order valence-electron chi connectivity index (χ0n) is 13.4. The molecular weight excluding hydrogens is 306 g/mol. The van der Waals surface area contributed by atoms with E-state index in [4.69, 9.17) is 4.74 Å². The number of anilines is 1. The number of carbonyl (C=O) groups excluding carboxylic acids is 1. The zero-order chi connectivity index (χ0) is 16.8. The van der Waals surface area contributed by atoms with Crippen molar-refractivity contribution in [2.75, 3.05) is 38.7 Å². The van der Waals surface area contributed by atoms with Crippen LogP contribution in [0.2, 0.25) is 0 Å². The molecule has 0 aromatic heterocycles. The maximum atomic E-state index is 11.8. The number of benzene rings is 1. The highest BCUT2D eigenvalue weighted by molar-refractivity contribution is 7.87. The molecule has 0 fully saturated rings. The molecular formula is C14H23N3O4S. The summed E-state index contributed by atoms with van der Waals surface area (Å²) in [6, 6.07) is 7.09. The van der Waals surface area contributed by atoms with Gasteiger partial charge in [-0.1, -0.05) is 0 Å². The van der Waals surface area contributed by atoms with Crippen LogP contribution >= 0.6 is 0 Å². The monoisotopic (exact) mass is 329 g/mol. The van der Waals surface area contributed by atoms with Crippen molar-refractivity contribution >= 4 is 21.8 Å². The van der Waals surface area contributed by atoms with E-state index in [0.29, 0.717) is 12.3 Å². The van der Waals surface area contributed by atoms with Gasteiger partial charge in [-0.2, -0.15) is 12.7 Å². The van der Waals surface area contributed by atoms with Crippen molar-refractivity contribution in [3.63, 3.8) is 0 Å². The summed E-state index contributed by atoms with van der Waals surface area (Å²) >= 11 is 0. The van der Waals surface area contributed by atoms with Crippen molar-refractivity contribution in [3.8, 4) is 5.75 Å². The van der Waals surface area contributed by atoms with Crippen molar-refractivity contribution < 1.29 is 17.9 Å². The summed E-state index contributed by atoms with van der Waals surface area (Å²) in [5.74, 6) is 0.566. The third-order valence-corrected chi connectivity index (χ3v) is 4.47. The number of ether oxygens (including phenoxy) is 1. The van der Waals surface area contributed by atoms with E-state index < -0.39 is 10.2 Å². The molecule has 0 spiro atoms. The normalized spacial score (nSPS) is 11.5. The Labute approximate surface area is 132 Å². The van der Waals surface area contributed by atoms with Crippen molar-refractivity contribution in [2.45, 2.75) is 13.8 Å². The molecule has 1 aromatic rings. The van der Waals surface area contributed by atoms with Crippen LogP contribution in [0, 0.1) is 0 Å². The Balaban J connectivity index is 2.72. The number of hydrogen-bond donors (Lipinski definition) is 1. The van der Waals surface area contributed by atoms with Crippen molar-refractivity contribution in [1.29, 1.82) is 0 Å². The number of nitrogens with one attached hydrogen (secondary N) is 1. The molecule has 1 amide bonds. The summed E-state index contributed by atoms with van der Waals surface area (Å²) in [4.78, 5) is 13.3. The fraction of sp³-hybridized carbons (Fsp3) is 0.500. The summed E-state index contributed by atoms with van der Waals surface area (Å²) < 4.78 is 32.1. The van der Waals surface area contributed by atoms with Crippen molar-refractivity contribution in [1.82, 2.24) is 9.03 Å². The second-order valence-corrected chi connectivity index (χ2v) is 6.75. The highest BCUT2D eigenvalue weighted by atomic mass is 32.2. The predicted molar refractivity (Wildman–Crippen MR) is 86.2 cm³/mol. The minimum Gasteiger partial charge on any atom is -0.494 e. The quantitative estimate of drug-likeness (QED) is 0.766. The largest absolute Gasteiger partial charge is 0.494 e. The first-order chi connectivity index (χ1) is 10.3. The van der Waals surface area contributed by atoms with Gasteiger partial charge >= 0.3 is 0 Å². The van der Waals surface area contributed by atoms with Crippen LogP contribution in [0.15, 0.2) is 24.3 Å². The highest BCUT2D eigenvalue weighted by Gasteiger charge is 2.15. The highest BCUT2D eigenvalue weighted by Crippen LogP contribution is 2.19. The SMILES string of the molecule is CCOc1ccc(N(CCNS(=O)(=O)N(C)C)C(C)=O)cc1. The summed E-state index contributed by atoms with van der Waals surface area (Å²) in [6.07, 6.45) is 0. The van der Waals surface area contributed by atoms with E-state index in [1.165, 1.54) is 25.9 Å². The van der Waals surface area contributed by atoms with E-state index in [1.54, 1.807) is 24.3 Å². The molecule has 124 valence electrons. The third kappa shape index (κ3) is 5.28. The van der Waals surface area contributed by atoms with E-state index >= 15 is 0 Å². The van der Waals surface area contributed by atoms with Gasteiger partial charge in [-0.15, -0.1) is 0 Å². The molecule has 0 aliphatic carbocycles. The van der Waals surface area contributed by atoms with Gasteiger partial charge in [0.25, 0.3) is 10.2 Å². The molecule has 0 bridgehead atoms. The second kappa shape index (κ2) is 8.11. The van der Waals surface area contributed by atoms with Gasteiger partial charge < -0.3 is 9.64 Å². The Morgan fingerprint density at radius 1 is 1.23 bits per heavy atom. The average Bonchev–Trinajstić information content (AvgIpc) is 2.44. The molecule has 0 saturated carbocycles. The first kappa shape index (κ1) is 18.4. The average molecular weight is 329 g/mol. The molecule has 0 radical (unpaired) electrons. The van der Waals surface area contributed by atoms with Gasteiger partial charge in [0.15, 0.2) is 0 Å². The summed E-state index contributed by atoms with van der Waals surface area (Å²) in [5, 5.41) is 0. The van der Waals surface area contributed by atoms with E-state index in [-0.39, 0.29) is 19.0 Å². The number of hydrogen-bond acceptors (Lipinski definition) is 4. The molecule has 1 aromatic carbocycles. The number of carbonyl (C=O) groups is 1. The predicted octanol–water partition coefficient (Wildman–Crippen LogP) is 0.834.